The molecule has 0 bridgehead atoms. The van der Waals surface area contributed by atoms with Gasteiger partial charge in [-0.2, -0.15) is 0 Å². The fraction of sp³-hybridized carbons (Fsp3) is 0. The number of hydrogen-bond acceptors (Lipinski definition) is 3. The standard InChI is InChI=1S/C21H17N3O3/c22-19(25)15-8-4-9-16(12-15)21(27)24-18-11-5-10-17(13-18)23-20(26)14-6-2-1-3-7-14/h1-13H,(H2,22,25)(H,23,26)(H,24,27). The third kappa shape index (κ3) is 4.58. The van der Waals surface area contributed by atoms with E-state index >= 15 is 0 Å². The van der Waals surface area contributed by atoms with Gasteiger partial charge in [0.1, 0.15) is 0 Å². The maximum atomic E-state index is 12.4. The quantitative estimate of drug-likeness (QED) is 0.651. The zero-order chi connectivity index (χ0) is 19.2. The molecule has 0 aromatic heterocycles. The Bertz CT molecular complexity index is 1000. The van der Waals surface area contributed by atoms with Crippen molar-refractivity contribution in [3.05, 3.63) is 95.6 Å². The highest BCUT2D eigenvalue weighted by molar-refractivity contribution is 6.07. The maximum Gasteiger partial charge on any atom is 0.255 e. The van der Waals surface area contributed by atoms with Gasteiger partial charge in [0.05, 0.1) is 0 Å². The van der Waals surface area contributed by atoms with Crippen LogP contribution < -0.4 is 16.4 Å². The fourth-order valence-corrected chi connectivity index (χ4v) is 2.48. The van der Waals surface area contributed by atoms with E-state index in [4.69, 9.17) is 5.73 Å². The average molecular weight is 359 g/mol. The summed E-state index contributed by atoms with van der Waals surface area (Å²) in [6.07, 6.45) is 0. The van der Waals surface area contributed by atoms with Crippen molar-refractivity contribution in [1.29, 1.82) is 0 Å². The highest BCUT2D eigenvalue weighted by Gasteiger charge is 2.10. The average Bonchev–Trinajstić information content (AvgIpc) is 2.69. The minimum atomic E-state index is -0.602. The summed E-state index contributed by atoms with van der Waals surface area (Å²) >= 11 is 0. The molecule has 6 nitrogen and oxygen atoms in total. The van der Waals surface area contributed by atoms with E-state index in [0.29, 0.717) is 22.5 Å². The Hall–Kier alpha value is -3.93. The molecule has 0 heterocycles. The number of amides is 3. The van der Waals surface area contributed by atoms with E-state index in [1.807, 2.05) is 6.07 Å². The summed E-state index contributed by atoms with van der Waals surface area (Å²) in [6, 6.07) is 21.8. The van der Waals surface area contributed by atoms with Crippen LogP contribution >= 0.6 is 0 Å². The van der Waals surface area contributed by atoms with Crippen LogP contribution in [0.25, 0.3) is 0 Å². The van der Waals surface area contributed by atoms with Crippen molar-refractivity contribution >= 4 is 29.1 Å². The molecule has 0 radical (unpaired) electrons. The van der Waals surface area contributed by atoms with Crippen LogP contribution in [0.1, 0.15) is 31.1 Å². The van der Waals surface area contributed by atoms with Crippen LogP contribution in [0.4, 0.5) is 11.4 Å². The Morgan fingerprint density at radius 3 is 1.74 bits per heavy atom. The first-order chi connectivity index (χ1) is 13.0. The molecule has 27 heavy (non-hydrogen) atoms. The maximum absolute atomic E-state index is 12.4. The number of hydrogen-bond donors (Lipinski definition) is 3. The van der Waals surface area contributed by atoms with Crippen molar-refractivity contribution in [3.63, 3.8) is 0 Å². The first-order valence-electron chi connectivity index (χ1n) is 8.20. The van der Waals surface area contributed by atoms with Gasteiger partial charge in [0.25, 0.3) is 11.8 Å². The smallest absolute Gasteiger partial charge is 0.255 e. The minimum Gasteiger partial charge on any atom is -0.366 e. The molecule has 0 saturated heterocycles. The van der Waals surface area contributed by atoms with Gasteiger partial charge in [0, 0.05) is 28.1 Å². The second-order valence-corrected chi connectivity index (χ2v) is 5.80. The van der Waals surface area contributed by atoms with Gasteiger partial charge in [-0.1, -0.05) is 30.3 Å². The van der Waals surface area contributed by atoms with Crippen molar-refractivity contribution in [1.82, 2.24) is 0 Å². The third-order valence-electron chi connectivity index (χ3n) is 3.82. The van der Waals surface area contributed by atoms with Gasteiger partial charge < -0.3 is 16.4 Å². The van der Waals surface area contributed by atoms with Crippen LogP contribution in [-0.4, -0.2) is 17.7 Å². The molecule has 134 valence electrons. The van der Waals surface area contributed by atoms with Gasteiger partial charge in [-0.05, 0) is 48.5 Å². The molecule has 0 saturated carbocycles. The van der Waals surface area contributed by atoms with E-state index in [1.54, 1.807) is 66.7 Å². The minimum absolute atomic E-state index is 0.242. The second-order valence-electron chi connectivity index (χ2n) is 5.80. The van der Waals surface area contributed by atoms with Crippen LogP contribution in [0.3, 0.4) is 0 Å². The zero-order valence-electron chi connectivity index (χ0n) is 14.3. The van der Waals surface area contributed by atoms with Crippen LogP contribution in [0.2, 0.25) is 0 Å². The number of carbonyl (C=O) groups excluding carboxylic acids is 3. The molecule has 0 aliphatic rings. The van der Waals surface area contributed by atoms with Gasteiger partial charge in [-0.25, -0.2) is 0 Å². The number of primary amides is 1. The molecular weight excluding hydrogens is 342 g/mol. The van der Waals surface area contributed by atoms with Crippen molar-refractivity contribution in [2.75, 3.05) is 10.6 Å². The lowest BCUT2D eigenvalue weighted by Gasteiger charge is -2.09. The molecule has 3 rings (SSSR count). The Labute approximate surface area is 156 Å². The topological polar surface area (TPSA) is 101 Å². The summed E-state index contributed by atoms with van der Waals surface area (Å²) in [5, 5.41) is 5.52. The molecule has 0 spiro atoms. The highest BCUT2D eigenvalue weighted by Crippen LogP contribution is 2.17. The lowest BCUT2D eigenvalue weighted by atomic mass is 10.1. The van der Waals surface area contributed by atoms with Crippen molar-refractivity contribution in [2.45, 2.75) is 0 Å². The first-order valence-corrected chi connectivity index (χ1v) is 8.20. The molecule has 3 aromatic rings. The van der Waals surface area contributed by atoms with E-state index < -0.39 is 5.91 Å². The van der Waals surface area contributed by atoms with E-state index in [9.17, 15) is 14.4 Å². The Morgan fingerprint density at radius 1 is 0.593 bits per heavy atom. The number of carbonyl (C=O) groups is 3. The Balaban J connectivity index is 1.72. The summed E-state index contributed by atoms with van der Waals surface area (Å²) in [7, 11) is 0. The largest absolute Gasteiger partial charge is 0.366 e. The number of rotatable bonds is 5. The second kappa shape index (κ2) is 7.97. The van der Waals surface area contributed by atoms with Crippen LogP contribution in [0.5, 0.6) is 0 Å². The molecule has 0 unspecified atom stereocenters. The molecule has 0 aliphatic carbocycles. The number of nitrogens with one attached hydrogen (secondary N) is 2. The van der Waals surface area contributed by atoms with Gasteiger partial charge in [0.2, 0.25) is 5.91 Å². The summed E-state index contributed by atoms with van der Waals surface area (Å²) in [6.45, 7) is 0. The van der Waals surface area contributed by atoms with Crippen molar-refractivity contribution in [3.8, 4) is 0 Å². The van der Waals surface area contributed by atoms with E-state index in [1.165, 1.54) is 6.07 Å². The molecule has 4 N–H and O–H groups in total. The van der Waals surface area contributed by atoms with Crippen molar-refractivity contribution in [2.24, 2.45) is 5.73 Å². The van der Waals surface area contributed by atoms with Gasteiger partial charge in [0.15, 0.2) is 0 Å². The molecule has 3 aromatic carbocycles. The predicted octanol–water partition coefficient (Wildman–Crippen LogP) is 3.29. The monoisotopic (exact) mass is 359 g/mol. The van der Waals surface area contributed by atoms with Crippen LogP contribution in [0.15, 0.2) is 78.9 Å². The van der Waals surface area contributed by atoms with Gasteiger partial charge in [-0.3, -0.25) is 14.4 Å². The third-order valence-corrected chi connectivity index (χ3v) is 3.82. The van der Waals surface area contributed by atoms with Crippen molar-refractivity contribution < 1.29 is 14.4 Å². The predicted molar refractivity (Wildman–Crippen MR) is 104 cm³/mol. The molecule has 0 aliphatic heterocycles. The normalized spacial score (nSPS) is 10.1. The first kappa shape index (κ1) is 17.9. The lowest BCUT2D eigenvalue weighted by molar-refractivity contribution is 0.0997. The molecular formula is C21H17N3O3. The molecule has 3 amide bonds. The van der Waals surface area contributed by atoms with Crippen LogP contribution in [0, 0.1) is 0 Å². The summed E-state index contributed by atoms with van der Waals surface area (Å²) < 4.78 is 0. The SMILES string of the molecule is NC(=O)c1cccc(C(=O)Nc2cccc(NC(=O)c3ccccc3)c2)c1. The Kier molecular flexibility index (Phi) is 5.28. The highest BCUT2D eigenvalue weighted by atomic mass is 16.2. The zero-order valence-corrected chi connectivity index (χ0v) is 14.3. The summed E-state index contributed by atoms with van der Waals surface area (Å²) in [5.74, 6) is -1.23. The van der Waals surface area contributed by atoms with E-state index in [2.05, 4.69) is 10.6 Å². The lowest BCUT2D eigenvalue weighted by Crippen LogP contribution is -2.16. The molecule has 0 atom stereocenters. The fourth-order valence-electron chi connectivity index (χ4n) is 2.48. The van der Waals surface area contributed by atoms with Crippen LogP contribution in [-0.2, 0) is 0 Å². The summed E-state index contributed by atoms with van der Waals surface area (Å²) in [5.41, 5.74) is 7.40. The van der Waals surface area contributed by atoms with Gasteiger partial charge in [-0.15, -0.1) is 0 Å². The van der Waals surface area contributed by atoms with E-state index in [0.717, 1.165) is 0 Å². The molecule has 6 heteroatoms. The molecule has 0 fully saturated rings. The van der Waals surface area contributed by atoms with Gasteiger partial charge >= 0.3 is 0 Å². The number of nitrogens with two attached hydrogens (primary N) is 1. The number of benzene rings is 3. The number of anilines is 2. The summed E-state index contributed by atoms with van der Waals surface area (Å²) in [4.78, 5) is 35.9. The van der Waals surface area contributed by atoms with E-state index in [-0.39, 0.29) is 17.4 Å². The Morgan fingerprint density at radius 2 is 1.11 bits per heavy atom.